The zero-order valence-electron chi connectivity index (χ0n) is 33.8. The Morgan fingerprint density at radius 1 is 0.306 bits per heavy atom. The van der Waals surface area contributed by atoms with Gasteiger partial charge in [-0.3, -0.25) is 0 Å². The third-order valence-electron chi connectivity index (χ3n) is 13.6. The van der Waals surface area contributed by atoms with Gasteiger partial charge >= 0.3 is 0 Å². The van der Waals surface area contributed by atoms with Crippen molar-refractivity contribution in [2.75, 3.05) is 0 Å². The Bertz CT molecular complexity index is 3110. The molecule has 0 amide bonds. The summed E-state index contributed by atoms with van der Waals surface area (Å²) in [4.78, 5) is 0. The zero-order valence-corrected chi connectivity index (χ0v) is 33.8. The fourth-order valence-corrected chi connectivity index (χ4v) is 10.6. The van der Waals surface area contributed by atoms with Crippen molar-refractivity contribution in [3.8, 4) is 57.1 Å². The van der Waals surface area contributed by atoms with Gasteiger partial charge in [-0.15, -0.1) is 0 Å². The first-order chi connectivity index (χ1) is 30.1. The maximum absolute atomic E-state index is 10.8. The normalized spacial score (nSPS) is 14.4. The molecule has 2 heterocycles. The molecule has 10 aromatic rings. The van der Waals surface area contributed by atoms with Gasteiger partial charge in [-0.2, -0.15) is 0 Å². The highest BCUT2D eigenvalue weighted by molar-refractivity contribution is 5.99. The van der Waals surface area contributed by atoms with E-state index in [-0.39, 0.29) is 23.0 Å². The van der Waals surface area contributed by atoms with Crippen LogP contribution in [0.5, 0.6) is 46.0 Å². The molecule has 62 heavy (non-hydrogen) atoms. The molecule has 4 N–H and O–H groups in total. The van der Waals surface area contributed by atoms with Gasteiger partial charge in [0.25, 0.3) is 0 Å². The second kappa shape index (κ2) is 12.8. The van der Waals surface area contributed by atoms with Crippen molar-refractivity contribution in [1.82, 2.24) is 0 Å². The van der Waals surface area contributed by atoms with Crippen LogP contribution in [0.15, 0.2) is 170 Å². The average molecular weight is 807 g/mol. The standard InChI is InChI=1S/C56H38O6/c1-55(51-43-27-39(57)19-7-33(43)11-23-47(51)61-48-24-12-34-8-20-40(58)28-44(34)52(48)55)37-15-3-31(4-16-37)32-5-17-38(18-6-32)56(2)53-45-29-41(59)21-9-35(45)13-25-49(53)62-50-26-14-36-10-22-42(60)30-46(36)54(50)56/h3-30,57-60H,1-2H3. The van der Waals surface area contributed by atoms with E-state index < -0.39 is 10.8 Å². The molecule has 0 atom stereocenters. The van der Waals surface area contributed by atoms with Crippen LogP contribution < -0.4 is 9.47 Å². The Balaban J connectivity index is 1.02. The van der Waals surface area contributed by atoms with Crippen LogP contribution in [0.4, 0.5) is 0 Å². The SMILES string of the molecule is CC1(c2ccc(-c3ccc(C4(C)c5c(ccc6ccc(O)cc56)Oc5ccc6ccc(O)cc6c54)cc3)cc2)c2c(ccc3ccc(O)cc23)Oc2ccc3ccc(O)cc3c21. The molecule has 0 saturated carbocycles. The quantitative estimate of drug-likeness (QED) is 0.142. The minimum absolute atomic E-state index is 0.174. The van der Waals surface area contributed by atoms with E-state index in [1.165, 1.54) is 0 Å². The summed E-state index contributed by atoms with van der Waals surface area (Å²) in [6, 6.07) is 55.2. The van der Waals surface area contributed by atoms with Gasteiger partial charge in [-0.1, -0.05) is 97.1 Å². The van der Waals surface area contributed by atoms with E-state index in [1.807, 2.05) is 97.1 Å². The van der Waals surface area contributed by atoms with Gasteiger partial charge in [-0.25, -0.2) is 0 Å². The smallest absolute Gasteiger partial charge is 0.132 e. The summed E-state index contributed by atoms with van der Waals surface area (Å²) in [5, 5.41) is 50.6. The predicted octanol–water partition coefficient (Wildman–Crippen LogP) is 13.7. The molecule has 0 spiro atoms. The second-order valence-electron chi connectivity index (χ2n) is 17.0. The summed E-state index contributed by atoms with van der Waals surface area (Å²) in [6.07, 6.45) is 0. The molecular formula is C56H38O6. The number of phenolic OH excluding ortho intramolecular Hbond substituents is 4. The third kappa shape index (κ3) is 5.04. The molecule has 0 aromatic heterocycles. The van der Waals surface area contributed by atoms with Gasteiger partial charge in [0.15, 0.2) is 0 Å². The van der Waals surface area contributed by atoms with E-state index in [0.29, 0.717) is 23.0 Å². The number of benzene rings is 10. The molecular weight excluding hydrogens is 769 g/mol. The van der Waals surface area contributed by atoms with Crippen molar-refractivity contribution in [3.63, 3.8) is 0 Å². The lowest BCUT2D eigenvalue weighted by Crippen LogP contribution is -2.30. The number of phenols is 4. The van der Waals surface area contributed by atoms with E-state index in [2.05, 4.69) is 62.4 Å². The van der Waals surface area contributed by atoms with Gasteiger partial charge in [0.2, 0.25) is 0 Å². The van der Waals surface area contributed by atoms with Gasteiger partial charge in [0.05, 0.1) is 10.8 Å². The Morgan fingerprint density at radius 2 is 0.548 bits per heavy atom. The molecule has 0 bridgehead atoms. The summed E-state index contributed by atoms with van der Waals surface area (Å²) >= 11 is 0. The summed E-state index contributed by atoms with van der Waals surface area (Å²) in [7, 11) is 0. The first-order valence-electron chi connectivity index (χ1n) is 20.7. The maximum atomic E-state index is 10.8. The predicted molar refractivity (Wildman–Crippen MR) is 246 cm³/mol. The van der Waals surface area contributed by atoms with Crippen molar-refractivity contribution in [2.24, 2.45) is 0 Å². The van der Waals surface area contributed by atoms with Crippen molar-refractivity contribution >= 4 is 43.1 Å². The molecule has 2 aliphatic heterocycles. The van der Waals surface area contributed by atoms with E-state index in [0.717, 1.165) is 87.6 Å². The number of rotatable bonds is 3. The highest BCUT2D eigenvalue weighted by atomic mass is 16.5. The van der Waals surface area contributed by atoms with Crippen molar-refractivity contribution in [2.45, 2.75) is 24.7 Å². The van der Waals surface area contributed by atoms with E-state index in [1.54, 1.807) is 24.3 Å². The topological polar surface area (TPSA) is 99.4 Å². The Labute approximate surface area is 356 Å². The molecule has 0 saturated heterocycles. The lowest BCUT2D eigenvalue weighted by molar-refractivity contribution is 0.431. The van der Waals surface area contributed by atoms with Crippen molar-refractivity contribution in [1.29, 1.82) is 0 Å². The number of hydrogen-bond acceptors (Lipinski definition) is 6. The van der Waals surface area contributed by atoms with E-state index in [4.69, 9.17) is 9.47 Å². The van der Waals surface area contributed by atoms with Crippen LogP contribution in [0.1, 0.15) is 47.2 Å². The lowest BCUT2D eigenvalue weighted by Gasteiger charge is -2.40. The van der Waals surface area contributed by atoms with Crippen molar-refractivity contribution in [3.05, 3.63) is 203 Å². The molecule has 6 nitrogen and oxygen atoms in total. The fraction of sp³-hybridized carbons (Fsp3) is 0.0714. The molecule has 0 fully saturated rings. The highest BCUT2D eigenvalue weighted by Gasteiger charge is 2.44. The Morgan fingerprint density at radius 3 is 0.806 bits per heavy atom. The molecule has 0 aliphatic carbocycles. The minimum Gasteiger partial charge on any atom is -0.508 e. The Kier molecular flexibility index (Phi) is 7.40. The first-order valence-corrected chi connectivity index (χ1v) is 20.7. The fourth-order valence-electron chi connectivity index (χ4n) is 10.6. The minimum atomic E-state index is -0.751. The van der Waals surface area contributed by atoms with Crippen LogP contribution in [-0.2, 0) is 10.8 Å². The largest absolute Gasteiger partial charge is 0.508 e. The van der Waals surface area contributed by atoms with Crippen LogP contribution in [0.2, 0.25) is 0 Å². The van der Waals surface area contributed by atoms with Gasteiger partial charge in [0.1, 0.15) is 46.0 Å². The molecule has 12 rings (SSSR count). The molecule has 6 heteroatoms. The van der Waals surface area contributed by atoms with Gasteiger partial charge in [-0.05, 0) is 152 Å². The van der Waals surface area contributed by atoms with Crippen LogP contribution in [-0.4, -0.2) is 20.4 Å². The summed E-state index contributed by atoms with van der Waals surface area (Å²) in [6.45, 7) is 4.42. The molecule has 0 unspecified atom stereocenters. The van der Waals surface area contributed by atoms with Crippen LogP contribution in [0.3, 0.4) is 0 Å². The number of aromatic hydroxyl groups is 4. The summed E-state index contributed by atoms with van der Waals surface area (Å²) < 4.78 is 13.3. The van der Waals surface area contributed by atoms with Crippen molar-refractivity contribution < 1.29 is 29.9 Å². The Hall–Kier alpha value is -7.96. The van der Waals surface area contributed by atoms with Crippen LogP contribution in [0.25, 0.3) is 54.2 Å². The number of hydrogen-bond donors (Lipinski definition) is 4. The molecule has 0 radical (unpaired) electrons. The third-order valence-corrected chi connectivity index (χ3v) is 13.6. The monoisotopic (exact) mass is 806 g/mol. The van der Waals surface area contributed by atoms with Crippen LogP contribution in [0, 0.1) is 0 Å². The van der Waals surface area contributed by atoms with Gasteiger partial charge < -0.3 is 29.9 Å². The summed E-state index contributed by atoms with van der Waals surface area (Å²) in [5.41, 5.74) is 6.40. The zero-order chi connectivity index (χ0) is 42.1. The highest BCUT2D eigenvalue weighted by Crippen LogP contribution is 2.58. The number of fused-ring (bicyclic) bond motifs is 12. The maximum Gasteiger partial charge on any atom is 0.132 e. The summed E-state index contributed by atoms with van der Waals surface area (Å²) in [5.74, 6) is 3.56. The number of ether oxygens (including phenoxy) is 2. The second-order valence-corrected chi connectivity index (χ2v) is 17.0. The molecule has 10 aromatic carbocycles. The van der Waals surface area contributed by atoms with E-state index >= 15 is 0 Å². The molecule has 298 valence electrons. The molecule has 2 aliphatic rings. The van der Waals surface area contributed by atoms with Crippen LogP contribution >= 0.6 is 0 Å². The first kappa shape index (κ1) is 35.9. The van der Waals surface area contributed by atoms with Gasteiger partial charge in [0, 0.05) is 22.3 Å². The lowest BCUT2D eigenvalue weighted by atomic mass is 9.66. The average Bonchev–Trinajstić information content (AvgIpc) is 3.28. The van der Waals surface area contributed by atoms with E-state index in [9.17, 15) is 20.4 Å².